The van der Waals surface area contributed by atoms with Gasteiger partial charge in [0.1, 0.15) is 54.9 Å². The van der Waals surface area contributed by atoms with Crippen molar-refractivity contribution >= 4 is 77.6 Å². The molecule has 786 valence electrons. The molecular formula is C88H110F24O26. The van der Waals surface area contributed by atoms with Gasteiger partial charge in [-0.3, -0.25) is 62.3 Å². The second-order valence-electron chi connectivity index (χ2n) is 41.8. The first-order valence-electron chi connectivity index (χ1n) is 44.7. The number of ether oxygens (including phenoxy) is 13. The van der Waals surface area contributed by atoms with Crippen molar-refractivity contribution < 1.29 is 229 Å². The first kappa shape index (κ1) is 113. The van der Waals surface area contributed by atoms with Gasteiger partial charge in [0.2, 0.25) is 0 Å². The monoisotopic (exact) mass is 2040 g/mol. The van der Waals surface area contributed by atoms with Crippen molar-refractivity contribution in [1.82, 2.24) is 0 Å². The first-order valence-corrected chi connectivity index (χ1v) is 44.7. The van der Waals surface area contributed by atoms with Crippen molar-refractivity contribution in [2.75, 3.05) is 0 Å². The number of carbonyl (C=O) groups excluding carboxylic acids is 13. The number of fused-ring (bicyclic) bond motifs is 4. The molecule has 22 unspecified atom stereocenters. The third-order valence-electron chi connectivity index (χ3n) is 30.1. The van der Waals surface area contributed by atoms with Crippen molar-refractivity contribution in [3.05, 3.63) is 0 Å². The average Bonchev–Trinajstić information content (AvgIpc) is 1.44. The third kappa shape index (κ3) is 22.3. The Morgan fingerprint density at radius 2 is 0.565 bits per heavy atom. The molecule has 8 bridgehead atoms. The lowest BCUT2D eigenvalue weighted by atomic mass is 9.72. The minimum absolute atomic E-state index is 0.0239. The van der Waals surface area contributed by atoms with Crippen LogP contribution in [-0.2, 0) is 124 Å². The van der Waals surface area contributed by atoms with Crippen molar-refractivity contribution in [3.8, 4) is 0 Å². The minimum atomic E-state index is -5.89. The van der Waals surface area contributed by atoms with Crippen LogP contribution in [0.5, 0.6) is 0 Å². The van der Waals surface area contributed by atoms with E-state index in [1.165, 1.54) is 12.8 Å². The van der Waals surface area contributed by atoms with E-state index in [2.05, 4.69) is 39.7 Å². The highest BCUT2D eigenvalue weighted by Crippen LogP contribution is 2.67. The van der Waals surface area contributed by atoms with E-state index in [1.807, 2.05) is 20.8 Å². The molecule has 0 aromatic rings. The Balaban J connectivity index is 0.000000195. The third-order valence-corrected chi connectivity index (χ3v) is 30.1. The fraction of sp³-hybridized carbons (Fsp3) is 0.852. The average molecular weight is 2040 g/mol. The quantitative estimate of drug-likeness (QED) is 0.0397. The van der Waals surface area contributed by atoms with E-state index >= 15 is 0 Å². The number of rotatable bonds is 23. The van der Waals surface area contributed by atoms with Crippen molar-refractivity contribution in [2.45, 2.75) is 350 Å². The normalized spacial score (nSPS) is 32.1. The number of alkyl halides is 24. The standard InChI is InChI=1S/4C18H20F6O6.C16H30O2/c2*1-4-15(2,3)12(25)28-9-7-5-8-10(9)29-13(26)16(8,6-7)14(27)30-11(17(19,20)21)18(22,23)24;2*1-4-16(2,3)15(27)29-11-7-5-6-8(12(25)28-10(6)11)9(7)13(26)30-14(17(19,20)21)18(22,23)24;1-7-16(5,6)14(17)18-13-10-8-12(9-11-13)15(2,3)4/h2*7-11H,4-6H2,1-3H3;2*6-11,14H,4-5H2,1-3H3;12-13H,7-11H2,1-6H3. The van der Waals surface area contributed by atoms with Crippen LogP contribution < -0.4 is 0 Å². The van der Waals surface area contributed by atoms with Crippen LogP contribution in [0.4, 0.5) is 105 Å². The summed E-state index contributed by atoms with van der Waals surface area (Å²) in [7, 11) is 0. The predicted octanol–water partition coefficient (Wildman–Crippen LogP) is 17.6. The van der Waals surface area contributed by atoms with Gasteiger partial charge in [-0.05, 0) is 177 Å². The summed E-state index contributed by atoms with van der Waals surface area (Å²) < 4.78 is 370. The number of carbonyl (C=O) groups is 13. The van der Waals surface area contributed by atoms with E-state index in [4.69, 9.17) is 42.6 Å². The SMILES string of the molecule is CCC(C)(C)C(=O)OC1C2CC3C1OC(=O)C3(C(=O)OC(C(F)(F)F)C(F)(F)F)C2.CCC(C)(C)C(=O)OC1C2CC3C1OC(=O)C3(C(=O)OC(C(F)(F)F)C(F)(F)F)C2.CCC(C)(C)C(=O)OC1C2CC3C1OC(=O)C3C2C(=O)OC(C(F)(F)F)C(F)(F)F.CCC(C)(C)C(=O)OC1C2CC3C1OC(=O)C3C2C(=O)OC(C(F)(F)F)C(F)(F)F.CCC(C)(C)C(=O)OC1CCC(C(C)(C)C)CC1. The zero-order valence-corrected chi connectivity index (χ0v) is 77.8. The molecule has 0 spiro atoms. The highest BCUT2D eigenvalue weighted by atomic mass is 19.4. The van der Waals surface area contributed by atoms with Crippen molar-refractivity contribution in [2.24, 2.45) is 120 Å². The van der Waals surface area contributed by atoms with Crippen LogP contribution in [0.25, 0.3) is 0 Å². The molecule has 0 aromatic carbocycles. The van der Waals surface area contributed by atoms with Gasteiger partial charge in [0, 0.05) is 47.3 Å². The van der Waals surface area contributed by atoms with Gasteiger partial charge in [0.15, 0.2) is 10.8 Å². The molecule has 9 saturated carbocycles. The molecule has 4 heterocycles. The molecule has 13 fully saturated rings. The number of halogens is 24. The largest absolute Gasteiger partial charge is 0.462 e. The Kier molecular flexibility index (Phi) is 31.6. The molecular weight excluding hydrogens is 1930 g/mol. The Morgan fingerprint density at radius 1 is 0.319 bits per heavy atom. The van der Waals surface area contributed by atoms with Gasteiger partial charge >= 0.3 is 127 Å². The van der Waals surface area contributed by atoms with E-state index in [1.54, 1.807) is 83.1 Å². The van der Waals surface area contributed by atoms with Gasteiger partial charge in [-0.25, -0.2) is 0 Å². The van der Waals surface area contributed by atoms with Crippen LogP contribution in [0.1, 0.15) is 221 Å². The number of hydrogen-bond acceptors (Lipinski definition) is 26. The van der Waals surface area contributed by atoms with Gasteiger partial charge < -0.3 is 61.6 Å². The Morgan fingerprint density at radius 3 is 0.812 bits per heavy atom. The van der Waals surface area contributed by atoms with Gasteiger partial charge in [-0.15, -0.1) is 0 Å². The zero-order chi connectivity index (χ0) is 105. The minimum Gasteiger partial charge on any atom is -0.462 e. The highest BCUT2D eigenvalue weighted by molar-refractivity contribution is 6.04. The van der Waals surface area contributed by atoms with Gasteiger partial charge in [-0.2, -0.15) is 105 Å². The zero-order valence-electron chi connectivity index (χ0n) is 77.8. The fourth-order valence-corrected chi connectivity index (χ4v) is 20.1. The molecule has 26 nitrogen and oxygen atoms in total. The van der Waals surface area contributed by atoms with Gasteiger partial charge in [-0.1, -0.05) is 55.4 Å². The van der Waals surface area contributed by atoms with Crippen LogP contribution in [0, 0.1) is 120 Å². The molecule has 138 heavy (non-hydrogen) atoms. The maximum Gasteiger partial charge on any atom is 0.434 e. The van der Waals surface area contributed by atoms with Crippen molar-refractivity contribution in [3.63, 3.8) is 0 Å². The van der Waals surface area contributed by atoms with Gasteiger partial charge in [0.25, 0.3) is 24.4 Å². The van der Waals surface area contributed by atoms with Crippen LogP contribution in [0.3, 0.4) is 0 Å². The predicted molar refractivity (Wildman–Crippen MR) is 413 cm³/mol. The molecule has 22 atom stereocenters. The summed E-state index contributed by atoms with van der Waals surface area (Å²) in [5, 5.41) is 0. The summed E-state index contributed by atoms with van der Waals surface area (Å²) in [6.45, 7) is 32.8. The summed E-state index contributed by atoms with van der Waals surface area (Å²) in [5.74, 6) is -25.7. The Bertz CT molecular complexity index is 4260. The smallest absolute Gasteiger partial charge is 0.434 e. The topological polar surface area (TPSA) is 342 Å². The van der Waals surface area contributed by atoms with E-state index in [0.29, 0.717) is 31.1 Å². The summed E-state index contributed by atoms with van der Waals surface area (Å²) in [5.41, 5.74) is -7.98. The van der Waals surface area contributed by atoms with E-state index in [-0.39, 0.29) is 43.2 Å². The molecule has 4 aliphatic heterocycles. The van der Waals surface area contributed by atoms with E-state index in [0.717, 1.165) is 25.2 Å². The Labute approximate surface area is 774 Å². The molecule has 4 saturated heterocycles. The molecule has 0 amide bonds. The lowest BCUT2D eigenvalue weighted by molar-refractivity contribution is -0.316. The van der Waals surface area contributed by atoms with Crippen LogP contribution in [-0.4, -0.2) is 206 Å². The number of hydrogen-bond donors (Lipinski definition) is 0. The maximum absolute atomic E-state index is 12.8. The molecule has 0 N–H and O–H groups in total. The van der Waals surface area contributed by atoms with Crippen LogP contribution >= 0.6 is 0 Å². The summed E-state index contributed by atoms with van der Waals surface area (Å²) in [6.07, 6.45) is -65.8. The lowest BCUT2D eigenvalue weighted by Gasteiger charge is -2.37. The lowest BCUT2D eigenvalue weighted by Crippen LogP contribution is -2.51. The second kappa shape index (κ2) is 38.6. The highest BCUT2D eigenvalue weighted by Gasteiger charge is 2.80. The van der Waals surface area contributed by atoms with Gasteiger partial charge in [0.05, 0.1) is 50.7 Å². The Hall–Kier alpha value is -8.57. The molecule has 0 aromatic heterocycles. The first-order chi connectivity index (χ1) is 62.5. The molecule has 13 rings (SSSR count). The maximum atomic E-state index is 12.8. The van der Waals surface area contributed by atoms with Crippen LogP contribution in [0.2, 0.25) is 0 Å². The number of esters is 13. The van der Waals surface area contributed by atoms with Crippen molar-refractivity contribution in [1.29, 1.82) is 0 Å². The second-order valence-corrected chi connectivity index (χ2v) is 41.8. The van der Waals surface area contributed by atoms with E-state index < -0.39 is 311 Å². The molecule has 50 heteroatoms. The summed E-state index contributed by atoms with van der Waals surface area (Å²) >= 11 is 0. The van der Waals surface area contributed by atoms with Crippen LogP contribution in [0.15, 0.2) is 0 Å². The van der Waals surface area contributed by atoms with E-state index in [9.17, 15) is 168 Å². The molecule has 0 radical (unpaired) electrons. The summed E-state index contributed by atoms with van der Waals surface area (Å²) in [4.78, 5) is 160. The molecule has 13 aliphatic rings. The molecule has 9 aliphatic carbocycles. The summed E-state index contributed by atoms with van der Waals surface area (Å²) in [6, 6.07) is 0. The fourth-order valence-electron chi connectivity index (χ4n) is 20.1.